The Morgan fingerprint density at radius 3 is 2.19 bits per heavy atom. The van der Waals surface area contributed by atoms with Crippen LogP contribution in [0.4, 0.5) is 22.0 Å². The molecule has 0 atom stereocenters. The minimum Gasteiger partial charge on any atom is -0.457 e. The van der Waals surface area contributed by atoms with E-state index in [0.717, 1.165) is 23.6 Å². The number of benzene rings is 2. The van der Waals surface area contributed by atoms with Gasteiger partial charge in [0.1, 0.15) is 17.3 Å². The molecule has 9 nitrogen and oxygen atoms in total. The Hall–Kier alpha value is -4.37. The summed E-state index contributed by atoms with van der Waals surface area (Å²) in [6.45, 7) is 7.60. The van der Waals surface area contributed by atoms with Crippen molar-refractivity contribution in [2.45, 2.75) is 26.2 Å². The molecule has 4 aromatic rings. The van der Waals surface area contributed by atoms with Crippen molar-refractivity contribution in [3.63, 3.8) is 0 Å². The van der Waals surface area contributed by atoms with E-state index in [2.05, 4.69) is 41.7 Å². The lowest BCUT2D eigenvalue weighted by molar-refractivity contribution is 0.211. The molecular formula is C28H32N6O3. The lowest BCUT2D eigenvalue weighted by Gasteiger charge is -2.14. The number of rotatable bonds is 9. The van der Waals surface area contributed by atoms with Crippen molar-refractivity contribution in [1.29, 1.82) is 0 Å². The van der Waals surface area contributed by atoms with Crippen LogP contribution in [-0.2, 0) is 10.2 Å². The lowest BCUT2D eigenvalue weighted by Crippen LogP contribution is -2.21. The van der Waals surface area contributed by atoms with E-state index in [0.29, 0.717) is 29.6 Å². The second kappa shape index (κ2) is 11.6. The van der Waals surface area contributed by atoms with Crippen molar-refractivity contribution in [3.05, 3.63) is 84.8 Å². The van der Waals surface area contributed by atoms with Gasteiger partial charge < -0.3 is 20.1 Å². The van der Waals surface area contributed by atoms with Gasteiger partial charge in [-0.25, -0.2) is 9.48 Å². The molecule has 0 aliphatic rings. The average Bonchev–Trinajstić information content (AvgIpc) is 3.31. The summed E-state index contributed by atoms with van der Waals surface area (Å²) in [6.07, 6.45) is 3.33. The molecule has 192 valence electrons. The first-order chi connectivity index (χ1) is 17.8. The third-order valence-corrected chi connectivity index (χ3v) is 5.46. The van der Waals surface area contributed by atoms with Gasteiger partial charge in [-0.15, -0.1) is 0 Å². The van der Waals surface area contributed by atoms with Gasteiger partial charge in [-0.2, -0.15) is 5.10 Å². The van der Waals surface area contributed by atoms with Gasteiger partial charge in [0.2, 0.25) is 0 Å². The van der Waals surface area contributed by atoms with Crippen molar-refractivity contribution in [1.82, 2.24) is 14.8 Å². The van der Waals surface area contributed by atoms with E-state index in [-0.39, 0.29) is 11.4 Å². The van der Waals surface area contributed by atoms with E-state index in [1.54, 1.807) is 60.6 Å². The second-order valence-electron chi connectivity index (χ2n) is 9.43. The molecule has 0 saturated carbocycles. The fourth-order valence-electron chi connectivity index (χ4n) is 3.48. The Morgan fingerprint density at radius 1 is 0.892 bits per heavy atom. The summed E-state index contributed by atoms with van der Waals surface area (Å²) in [5.74, 6) is 1.92. The van der Waals surface area contributed by atoms with E-state index in [1.165, 1.54) is 0 Å². The number of methoxy groups -OCH3 is 1. The summed E-state index contributed by atoms with van der Waals surface area (Å²) in [5.41, 5.74) is 3.12. The maximum absolute atomic E-state index is 12.9. The van der Waals surface area contributed by atoms with Crippen LogP contribution in [-0.4, -0.2) is 41.1 Å². The molecule has 2 heterocycles. The minimum atomic E-state index is -0.373. The van der Waals surface area contributed by atoms with Gasteiger partial charge in [0.25, 0.3) is 0 Å². The van der Waals surface area contributed by atoms with Gasteiger partial charge in [-0.3, -0.25) is 10.3 Å². The summed E-state index contributed by atoms with van der Waals surface area (Å²) in [7, 11) is 1.67. The second-order valence-corrected chi connectivity index (χ2v) is 9.43. The van der Waals surface area contributed by atoms with Gasteiger partial charge in [-0.05, 0) is 60.7 Å². The van der Waals surface area contributed by atoms with Crippen LogP contribution in [0.25, 0.3) is 5.69 Å². The number of nitrogens with one attached hydrogen (secondary N) is 3. The molecule has 0 saturated heterocycles. The normalized spacial score (nSPS) is 11.1. The molecule has 4 rings (SSSR count). The highest BCUT2D eigenvalue weighted by molar-refractivity contribution is 5.99. The number of aromatic nitrogens is 3. The largest absolute Gasteiger partial charge is 0.457 e. The number of hydrogen-bond donors (Lipinski definition) is 3. The average molecular weight is 501 g/mol. The maximum atomic E-state index is 12.9. The van der Waals surface area contributed by atoms with Crippen LogP contribution in [0.5, 0.6) is 11.5 Å². The van der Waals surface area contributed by atoms with Crippen molar-refractivity contribution < 1.29 is 14.3 Å². The predicted octanol–water partition coefficient (Wildman–Crippen LogP) is 6.06. The van der Waals surface area contributed by atoms with E-state index in [4.69, 9.17) is 14.6 Å². The molecule has 0 aliphatic carbocycles. The van der Waals surface area contributed by atoms with E-state index < -0.39 is 0 Å². The molecule has 2 aromatic heterocycles. The van der Waals surface area contributed by atoms with Crippen LogP contribution in [0.3, 0.4) is 0 Å². The quantitative estimate of drug-likeness (QED) is 0.242. The number of nitrogens with zero attached hydrogens (tertiary/aromatic N) is 3. The van der Waals surface area contributed by atoms with Crippen LogP contribution < -0.4 is 20.7 Å². The minimum absolute atomic E-state index is 0.190. The SMILES string of the molecule is COCCNc1ccc(-n2nc(C(C)(C)C)cc2NC(=O)Nc2ccc(Oc3ccncc3)cc2)cc1. The predicted molar refractivity (Wildman–Crippen MR) is 146 cm³/mol. The van der Waals surface area contributed by atoms with Gasteiger partial charge in [0.15, 0.2) is 0 Å². The molecule has 2 amide bonds. The monoisotopic (exact) mass is 500 g/mol. The molecule has 2 aromatic carbocycles. The Labute approximate surface area is 216 Å². The molecular weight excluding hydrogens is 468 g/mol. The zero-order valence-electron chi connectivity index (χ0n) is 21.5. The number of urea groups is 1. The number of carbonyl (C=O) groups excluding carboxylic acids is 1. The Balaban J connectivity index is 1.46. The molecule has 0 spiro atoms. The first-order valence-electron chi connectivity index (χ1n) is 12.0. The lowest BCUT2D eigenvalue weighted by atomic mass is 9.92. The van der Waals surface area contributed by atoms with Crippen LogP contribution in [0, 0.1) is 0 Å². The number of amides is 2. The summed E-state index contributed by atoms with van der Waals surface area (Å²) in [4.78, 5) is 16.9. The van der Waals surface area contributed by atoms with E-state index >= 15 is 0 Å². The van der Waals surface area contributed by atoms with E-state index in [1.807, 2.05) is 30.3 Å². The number of anilines is 3. The highest BCUT2D eigenvalue weighted by Crippen LogP contribution is 2.27. The number of pyridine rings is 1. The van der Waals surface area contributed by atoms with E-state index in [9.17, 15) is 4.79 Å². The van der Waals surface area contributed by atoms with Gasteiger partial charge >= 0.3 is 6.03 Å². The number of ether oxygens (including phenoxy) is 2. The molecule has 0 bridgehead atoms. The van der Waals surface area contributed by atoms with Crippen LogP contribution >= 0.6 is 0 Å². The molecule has 3 N–H and O–H groups in total. The summed E-state index contributed by atoms with van der Waals surface area (Å²) in [5, 5.41) is 13.9. The Kier molecular flexibility index (Phi) is 8.05. The molecule has 0 unspecified atom stereocenters. The summed E-state index contributed by atoms with van der Waals surface area (Å²) < 4.78 is 12.6. The third-order valence-electron chi connectivity index (χ3n) is 5.46. The fourth-order valence-corrected chi connectivity index (χ4v) is 3.48. The number of hydrogen-bond acceptors (Lipinski definition) is 6. The number of carbonyl (C=O) groups is 1. The highest BCUT2D eigenvalue weighted by atomic mass is 16.5. The Morgan fingerprint density at radius 2 is 1.54 bits per heavy atom. The third kappa shape index (κ3) is 7.08. The van der Waals surface area contributed by atoms with Crippen molar-refractivity contribution in [2.24, 2.45) is 0 Å². The highest BCUT2D eigenvalue weighted by Gasteiger charge is 2.21. The van der Waals surface area contributed by atoms with Gasteiger partial charge in [-0.1, -0.05) is 20.8 Å². The molecule has 0 fully saturated rings. The van der Waals surface area contributed by atoms with Crippen molar-refractivity contribution in [3.8, 4) is 17.2 Å². The summed E-state index contributed by atoms with van der Waals surface area (Å²) in [6, 6.07) is 20.1. The Bertz CT molecular complexity index is 1300. The van der Waals surface area contributed by atoms with Crippen LogP contribution in [0.1, 0.15) is 26.5 Å². The zero-order valence-corrected chi connectivity index (χ0v) is 21.5. The smallest absolute Gasteiger partial charge is 0.324 e. The van der Waals surface area contributed by atoms with Gasteiger partial charge in [0.05, 0.1) is 18.0 Å². The summed E-state index contributed by atoms with van der Waals surface area (Å²) >= 11 is 0. The molecule has 0 aliphatic heterocycles. The van der Waals surface area contributed by atoms with Crippen LogP contribution in [0.2, 0.25) is 0 Å². The zero-order chi connectivity index (χ0) is 26.3. The van der Waals surface area contributed by atoms with Gasteiger partial charge in [0, 0.05) is 48.9 Å². The van der Waals surface area contributed by atoms with Crippen molar-refractivity contribution >= 4 is 23.2 Å². The van der Waals surface area contributed by atoms with Crippen LogP contribution in [0.15, 0.2) is 79.1 Å². The molecule has 0 radical (unpaired) electrons. The first kappa shape index (κ1) is 25.7. The fraction of sp³-hybridized carbons (Fsp3) is 0.250. The first-order valence-corrected chi connectivity index (χ1v) is 12.0. The molecule has 9 heteroatoms. The standard InChI is InChI=1S/C28H32N6O3/c1-28(2,3)25-19-26(34(33-25)22-9-5-20(6-10-22)30-17-18-36-4)32-27(35)31-21-7-11-23(12-8-21)37-24-13-15-29-16-14-24/h5-16,19,30H,17-18H2,1-4H3,(H2,31,32,35). The maximum Gasteiger partial charge on any atom is 0.324 e. The molecule has 37 heavy (non-hydrogen) atoms. The van der Waals surface area contributed by atoms with Crippen molar-refractivity contribution in [2.75, 3.05) is 36.2 Å². The topological polar surface area (TPSA) is 102 Å².